The lowest BCUT2D eigenvalue weighted by Gasteiger charge is -2.09. The van der Waals surface area contributed by atoms with Gasteiger partial charge >= 0.3 is 0 Å². The number of aryl methyl sites for hydroxylation is 1. The number of rotatable bonds is 3. The molecule has 0 radical (unpaired) electrons. The lowest BCUT2D eigenvalue weighted by Crippen LogP contribution is -2.13. The zero-order valence-corrected chi connectivity index (χ0v) is 13.2. The normalized spacial score (nSPS) is 11.3. The second-order valence-electron chi connectivity index (χ2n) is 4.02. The molecule has 0 heterocycles. The van der Waals surface area contributed by atoms with Crippen molar-refractivity contribution in [3.63, 3.8) is 0 Å². The highest BCUT2D eigenvalue weighted by Gasteiger charge is 2.14. The van der Waals surface area contributed by atoms with Crippen molar-refractivity contribution in [1.29, 1.82) is 0 Å². The minimum atomic E-state index is -3.58. The van der Waals surface area contributed by atoms with Crippen molar-refractivity contribution in [3.8, 4) is 0 Å². The van der Waals surface area contributed by atoms with E-state index in [1.807, 2.05) is 6.92 Å². The highest BCUT2D eigenvalue weighted by molar-refractivity contribution is 9.10. The van der Waals surface area contributed by atoms with Crippen LogP contribution in [0.1, 0.15) is 5.56 Å². The first kappa shape index (κ1) is 14.4. The third kappa shape index (κ3) is 3.49. The lowest BCUT2D eigenvalue weighted by molar-refractivity contribution is 0.601. The Labute approximate surface area is 125 Å². The van der Waals surface area contributed by atoms with Gasteiger partial charge < -0.3 is 0 Å². The van der Waals surface area contributed by atoms with E-state index in [2.05, 4.69) is 20.7 Å². The summed E-state index contributed by atoms with van der Waals surface area (Å²) in [7, 11) is -3.58. The van der Waals surface area contributed by atoms with Crippen LogP contribution in [0.2, 0.25) is 5.02 Å². The molecule has 0 aliphatic carbocycles. The van der Waals surface area contributed by atoms with Gasteiger partial charge in [-0.25, -0.2) is 8.42 Å². The predicted molar refractivity (Wildman–Crippen MR) is 81.1 cm³/mol. The van der Waals surface area contributed by atoms with Gasteiger partial charge in [-0.2, -0.15) is 0 Å². The number of hydrogen-bond acceptors (Lipinski definition) is 2. The van der Waals surface area contributed by atoms with Crippen molar-refractivity contribution in [2.45, 2.75) is 11.8 Å². The van der Waals surface area contributed by atoms with Crippen LogP contribution in [0.25, 0.3) is 0 Å². The highest BCUT2D eigenvalue weighted by Crippen LogP contribution is 2.22. The maximum atomic E-state index is 12.2. The molecule has 1 N–H and O–H groups in total. The van der Waals surface area contributed by atoms with E-state index in [4.69, 9.17) is 11.6 Å². The van der Waals surface area contributed by atoms with Gasteiger partial charge in [0.1, 0.15) is 0 Å². The Kier molecular flexibility index (Phi) is 4.18. The molecule has 2 rings (SSSR count). The fourth-order valence-corrected chi connectivity index (χ4v) is 3.03. The number of benzene rings is 2. The van der Waals surface area contributed by atoms with E-state index in [1.165, 1.54) is 0 Å². The average Bonchev–Trinajstić information content (AvgIpc) is 2.35. The van der Waals surface area contributed by atoms with Crippen LogP contribution in [-0.2, 0) is 10.0 Å². The van der Waals surface area contributed by atoms with Crippen molar-refractivity contribution >= 4 is 43.2 Å². The molecule has 2 aromatic rings. The molecule has 0 aromatic heterocycles. The zero-order chi connectivity index (χ0) is 14.0. The van der Waals surface area contributed by atoms with E-state index >= 15 is 0 Å². The summed E-state index contributed by atoms with van der Waals surface area (Å²) in [5, 5.41) is 0.558. The van der Waals surface area contributed by atoms with E-state index in [1.54, 1.807) is 42.5 Å². The van der Waals surface area contributed by atoms with Gasteiger partial charge in [0, 0.05) is 15.2 Å². The van der Waals surface area contributed by atoms with Crippen LogP contribution in [0.15, 0.2) is 51.8 Å². The van der Waals surface area contributed by atoms with E-state index in [0.29, 0.717) is 10.7 Å². The highest BCUT2D eigenvalue weighted by atomic mass is 79.9. The van der Waals surface area contributed by atoms with Crippen LogP contribution in [0.3, 0.4) is 0 Å². The molecule has 0 saturated carbocycles. The summed E-state index contributed by atoms with van der Waals surface area (Å²) >= 11 is 9.10. The number of anilines is 1. The SMILES string of the molecule is Cc1cc(S(=O)(=O)Nc2ccc(Cl)cc2)ccc1Br. The van der Waals surface area contributed by atoms with Crippen molar-refractivity contribution in [2.24, 2.45) is 0 Å². The van der Waals surface area contributed by atoms with Crippen LogP contribution in [0, 0.1) is 6.92 Å². The fraction of sp³-hybridized carbons (Fsp3) is 0.0769. The molecule has 0 aliphatic rings. The lowest BCUT2D eigenvalue weighted by atomic mass is 10.2. The van der Waals surface area contributed by atoms with Gasteiger partial charge in [-0.1, -0.05) is 27.5 Å². The van der Waals surface area contributed by atoms with Gasteiger partial charge in [0.05, 0.1) is 4.90 Å². The average molecular weight is 361 g/mol. The quantitative estimate of drug-likeness (QED) is 0.891. The summed E-state index contributed by atoms with van der Waals surface area (Å²) in [6, 6.07) is 11.4. The van der Waals surface area contributed by atoms with Crippen molar-refractivity contribution in [3.05, 3.63) is 57.5 Å². The monoisotopic (exact) mass is 359 g/mol. The van der Waals surface area contributed by atoms with Crippen molar-refractivity contribution < 1.29 is 8.42 Å². The summed E-state index contributed by atoms with van der Waals surface area (Å²) in [4.78, 5) is 0.225. The molecule has 2 aromatic carbocycles. The van der Waals surface area contributed by atoms with Gasteiger partial charge in [0.2, 0.25) is 0 Å². The smallest absolute Gasteiger partial charge is 0.261 e. The maximum absolute atomic E-state index is 12.2. The zero-order valence-electron chi connectivity index (χ0n) is 10.0. The summed E-state index contributed by atoms with van der Waals surface area (Å²) in [6.07, 6.45) is 0. The van der Waals surface area contributed by atoms with Gasteiger partial charge in [-0.05, 0) is 55.0 Å². The summed E-state index contributed by atoms with van der Waals surface area (Å²) < 4.78 is 27.8. The minimum absolute atomic E-state index is 0.225. The number of halogens is 2. The minimum Gasteiger partial charge on any atom is -0.280 e. The first-order chi connectivity index (χ1) is 8.88. The topological polar surface area (TPSA) is 46.2 Å². The molecule has 0 bridgehead atoms. The standard InChI is InChI=1S/C13H11BrClNO2S/c1-9-8-12(6-7-13(9)14)19(17,18)16-11-4-2-10(15)3-5-11/h2-8,16H,1H3. The molecular formula is C13H11BrClNO2S. The molecule has 0 atom stereocenters. The maximum Gasteiger partial charge on any atom is 0.261 e. The van der Waals surface area contributed by atoms with E-state index in [9.17, 15) is 8.42 Å². The second kappa shape index (κ2) is 5.53. The third-order valence-electron chi connectivity index (χ3n) is 2.54. The van der Waals surface area contributed by atoms with Gasteiger partial charge in [0.15, 0.2) is 0 Å². The molecule has 0 fully saturated rings. The Morgan fingerprint density at radius 1 is 1.11 bits per heavy atom. The number of nitrogens with one attached hydrogen (secondary N) is 1. The van der Waals surface area contributed by atoms with E-state index in [-0.39, 0.29) is 4.90 Å². The summed E-state index contributed by atoms with van der Waals surface area (Å²) in [6.45, 7) is 1.84. The molecule has 0 saturated heterocycles. The molecule has 100 valence electrons. The van der Waals surface area contributed by atoms with Crippen LogP contribution < -0.4 is 4.72 Å². The Hall–Kier alpha value is -1.04. The largest absolute Gasteiger partial charge is 0.280 e. The van der Waals surface area contributed by atoms with Crippen molar-refractivity contribution in [2.75, 3.05) is 4.72 Å². The Morgan fingerprint density at radius 3 is 2.32 bits per heavy atom. The molecule has 0 aliphatic heterocycles. The van der Waals surface area contributed by atoms with Crippen LogP contribution in [-0.4, -0.2) is 8.42 Å². The van der Waals surface area contributed by atoms with Gasteiger partial charge in [0.25, 0.3) is 10.0 Å². The van der Waals surface area contributed by atoms with Crippen LogP contribution >= 0.6 is 27.5 Å². The van der Waals surface area contributed by atoms with Crippen LogP contribution in [0.5, 0.6) is 0 Å². The van der Waals surface area contributed by atoms with Crippen molar-refractivity contribution in [1.82, 2.24) is 0 Å². The molecule has 3 nitrogen and oxygen atoms in total. The fourth-order valence-electron chi connectivity index (χ4n) is 1.52. The van der Waals surface area contributed by atoms with E-state index < -0.39 is 10.0 Å². The van der Waals surface area contributed by atoms with Gasteiger partial charge in [-0.3, -0.25) is 4.72 Å². The van der Waals surface area contributed by atoms with Crippen LogP contribution in [0.4, 0.5) is 5.69 Å². The Bertz CT molecular complexity index is 699. The third-order valence-corrected chi connectivity index (χ3v) is 5.06. The number of sulfonamides is 1. The number of hydrogen-bond donors (Lipinski definition) is 1. The molecule has 6 heteroatoms. The van der Waals surface area contributed by atoms with Gasteiger partial charge in [-0.15, -0.1) is 0 Å². The summed E-state index contributed by atoms with van der Waals surface area (Å²) in [5.41, 5.74) is 1.34. The Balaban J connectivity index is 2.32. The van der Waals surface area contributed by atoms with E-state index in [0.717, 1.165) is 10.0 Å². The molecule has 19 heavy (non-hydrogen) atoms. The summed E-state index contributed by atoms with van der Waals surface area (Å²) in [5.74, 6) is 0. The first-order valence-electron chi connectivity index (χ1n) is 5.43. The second-order valence-corrected chi connectivity index (χ2v) is 7.00. The molecule has 0 spiro atoms. The first-order valence-corrected chi connectivity index (χ1v) is 8.08. The Morgan fingerprint density at radius 2 is 1.74 bits per heavy atom. The molecular weight excluding hydrogens is 350 g/mol. The predicted octanol–water partition coefficient (Wildman–Crippen LogP) is 4.21. The molecule has 0 unspecified atom stereocenters. The molecule has 0 amide bonds.